The van der Waals surface area contributed by atoms with Gasteiger partial charge in [-0.2, -0.15) is 0 Å². The number of urea groups is 1. The van der Waals surface area contributed by atoms with Gasteiger partial charge in [0.25, 0.3) is 0 Å². The van der Waals surface area contributed by atoms with Crippen LogP contribution in [0.1, 0.15) is 17.3 Å². The van der Waals surface area contributed by atoms with Gasteiger partial charge in [-0.3, -0.25) is 0 Å². The predicted molar refractivity (Wildman–Crippen MR) is 71.4 cm³/mol. The monoisotopic (exact) mass is 284 g/mol. The molecule has 110 valence electrons. The summed E-state index contributed by atoms with van der Waals surface area (Å²) in [5, 5.41) is 13.6. The maximum atomic E-state index is 13.5. The van der Waals surface area contributed by atoms with Gasteiger partial charge in [0.05, 0.1) is 17.9 Å². The average molecular weight is 284 g/mol. The van der Waals surface area contributed by atoms with Crippen LogP contribution in [0.15, 0.2) is 18.2 Å². The number of ether oxygens (including phenoxy) is 1. The van der Waals surface area contributed by atoms with Crippen LogP contribution in [0.5, 0.6) is 0 Å². The first kappa shape index (κ1) is 15.9. The van der Waals surface area contributed by atoms with Gasteiger partial charge in [0.15, 0.2) is 0 Å². The van der Waals surface area contributed by atoms with E-state index in [1.54, 1.807) is 7.11 Å². The number of hydrogen-bond acceptors (Lipinski definition) is 3. The lowest BCUT2D eigenvalue weighted by molar-refractivity contribution is 0.0697. The lowest BCUT2D eigenvalue weighted by Crippen LogP contribution is -2.33. The Morgan fingerprint density at radius 1 is 1.45 bits per heavy atom. The summed E-state index contributed by atoms with van der Waals surface area (Å²) >= 11 is 0. The molecule has 0 saturated heterocycles. The van der Waals surface area contributed by atoms with Crippen molar-refractivity contribution in [2.45, 2.75) is 6.92 Å². The van der Waals surface area contributed by atoms with Crippen molar-refractivity contribution < 1.29 is 23.8 Å². The predicted octanol–water partition coefficient (Wildman–Crippen LogP) is 1.93. The van der Waals surface area contributed by atoms with Gasteiger partial charge in [-0.15, -0.1) is 0 Å². The number of nitrogens with one attached hydrogen (secondary N) is 2. The van der Waals surface area contributed by atoms with Gasteiger partial charge in [0, 0.05) is 13.7 Å². The van der Waals surface area contributed by atoms with Gasteiger partial charge < -0.3 is 20.5 Å². The second-order valence-electron chi connectivity index (χ2n) is 4.40. The van der Waals surface area contributed by atoms with Crippen LogP contribution in [0.4, 0.5) is 14.9 Å². The molecule has 2 amide bonds. The number of benzene rings is 1. The number of aromatic carboxylic acids is 1. The Kier molecular flexibility index (Phi) is 5.92. The van der Waals surface area contributed by atoms with Crippen molar-refractivity contribution >= 4 is 17.7 Å². The van der Waals surface area contributed by atoms with Crippen LogP contribution in [0, 0.1) is 11.7 Å². The van der Waals surface area contributed by atoms with E-state index in [0.29, 0.717) is 13.2 Å². The standard InChI is InChI=1S/C13H17FN2O4/c1-8(7-20-2)6-15-13(19)16-11-5-9(12(17)18)3-4-10(11)14/h3-5,8H,6-7H2,1-2H3,(H,17,18)(H2,15,16,19). The molecule has 0 aliphatic heterocycles. The number of rotatable bonds is 6. The van der Waals surface area contributed by atoms with E-state index in [0.717, 1.165) is 18.2 Å². The molecule has 3 N–H and O–H groups in total. The summed E-state index contributed by atoms with van der Waals surface area (Å²) in [5.41, 5.74) is -0.281. The third-order valence-electron chi connectivity index (χ3n) is 2.52. The molecule has 0 bridgehead atoms. The molecular weight excluding hydrogens is 267 g/mol. The number of carboxylic acid groups (broad SMARTS) is 1. The van der Waals surface area contributed by atoms with Crippen LogP contribution in [-0.4, -0.2) is 37.4 Å². The van der Waals surface area contributed by atoms with Crippen LogP contribution < -0.4 is 10.6 Å². The topological polar surface area (TPSA) is 87.7 Å². The van der Waals surface area contributed by atoms with E-state index in [-0.39, 0.29) is 17.2 Å². The molecular formula is C13H17FN2O4. The van der Waals surface area contributed by atoms with Crippen molar-refractivity contribution in [3.05, 3.63) is 29.6 Å². The highest BCUT2D eigenvalue weighted by Gasteiger charge is 2.11. The SMILES string of the molecule is COCC(C)CNC(=O)Nc1cc(C(=O)O)ccc1F. The van der Waals surface area contributed by atoms with E-state index >= 15 is 0 Å². The Labute approximate surface area is 115 Å². The summed E-state index contributed by atoms with van der Waals surface area (Å²) < 4.78 is 18.4. The van der Waals surface area contributed by atoms with Crippen LogP contribution >= 0.6 is 0 Å². The fraction of sp³-hybridized carbons (Fsp3) is 0.385. The quantitative estimate of drug-likeness (QED) is 0.744. The Morgan fingerprint density at radius 3 is 2.75 bits per heavy atom. The number of methoxy groups -OCH3 is 1. The lowest BCUT2D eigenvalue weighted by Gasteiger charge is -2.13. The minimum absolute atomic E-state index is 0.102. The summed E-state index contributed by atoms with van der Waals surface area (Å²) in [6, 6.07) is 2.58. The largest absolute Gasteiger partial charge is 0.478 e. The first-order chi connectivity index (χ1) is 9.43. The molecule has 0 spiro atoms. The number of anilines is 1. The molecule has 7 heteroatoms. The average Bonchev–Trinajstić information content (AvgIpc) is 2.39. The number of halogens is 1. The number of hydrogen-bond donors (Lipinski definition) is 3. The van der Waals surface area contributed by atoms with Crippen LogP contribution in [0.2, 0.25) is 0 Å². The number of carboxylic acids is 1. The normalized spacial score (nSPS) is 11.8. The molecule has 1 atom stereocenters. The molecule has 0 saturated carbocycles. The summed E-state index contributed by atoms with van der Waals surface area (Å²) in [5.74, 6) is -1.78. The molecule has 1 aromatic rings. The summed E-state index contributed by atoms with van der Waals surface area (Å²) in [6.07, 6.45) is 0. The first-order valence-electron chi connectivity index (χ1n) is 6.00. The molecule has 20 heavy (non-hydrogen) atoms. The van der Waals surface area contributed by atoms with Crippen LogP contribution in [-0.2, 0) is 4.74 Å². The molecule has 0 heterocycles. The molecule has 0 aliphatic rings. The van der Waals surface area contributed by atoms with Crippen molar-refractivity contribution in [1.29, 1.82) is 0 Å². The second-order valence-corrected chi connectivity index (χ2v) is 4.40. The third kappa shape index (κ3) is 4.85. The van der Waals surface area contributed by atoms with E-state index in [1.807, 2.05) is 6.92 Å². The van der Waals surface area contributed by atoms with E-state index in [9.17, 15) is 14.0 Å². The Hall–Kier alpha value is -2.15. The molecule has 1 unspecified atom stereocenters. The highest BCUT2D eigenvalue weighted by molar-refractivity contribution is 5.93. The molecule has 0 aromatic heterocycles. The van der Waals surface area contributed by atoms with Crippen molar-refractivity contribution in [3.63, 3.8) is 0 Å². The minimum atomic E-state index is -1.19. The van der Waals surface area contributed by atoms with E-state index in [4.69, 9.17) is 9.84 Å². The maximum Gasteiger partial charge on any atom is 0.335 e. The molecule has 6 nitrogen and oxygen atoms in total. The van der Waals surface area contributed by atoms with Crippen molar-refractivity contribution in [2.75, 3.05) is 25.6 Å². The Bertz CT molecular complexity index is 493. The number of carbonyl (C=O) groups is 2. The fourth-order valence-corrected chi connectivity index (χ4v) is 1.53. The highest BCUT2D eigenvalue weighted by atomic mass is 19.1. The molecule has 1 rings (SSSR count). The zero-order valence-corrected chi connectivity index (χ0v) is 11.3. The van der Waals surface area contributed by atoms with Crippen molar-refractivity contribution in [2.24, 2.45) is 5.92 Å². The molecule has 0 aliphatic carbocycles. The summed E-state index contributed by atoms with van der Waals surface area (Å²) in [7, 11) is 1.56. The Morgan fingerprint density at radius 2 is 2.15 bits per heavy atom. The maximum absolute atomic E-state index is 13.5. The van der Waals surface area contributed by atoms with Gasteiger partial charge in [-0.25, -0.2) is 14.0 Å². The van der Waals surface area contributed by atoms with Crippen molar-refractivity contribution in [1.82, 2.24) is 5.32 Å². The lowest BCUT2D eigenvalue weighted by atomic mass is 10.2. The minimum Gasteiger partial charge on any atom is -0.478 e. The van der Waals surface area contributed by atoms with E-state index < -0.39 is 17.8 Å². The molecule has 0 radical (unpaired) electrons. The van der Waals surface area contributed by atoms with Gasteiger partial charge in [-0.05, 0) is 24.1 Å². The molecule has 1 aromatic carbocycles. The number of carbonyl (C=O) groups excluding carboxylic acids is 1. The third-order valence-corrected chi connectivity index (χ3v) is 2.52. The van der Waals surface area contributed by atoms with E-state index in [2.05, 4.69) is 10.6 Å². The van der Waals surface area contributed by atoms with Gasteiger partial charge >= 0.3 is 12.0 Å². The van der Waals surface area contributed by atoms with Gasteiger partial charge in [0.1, 0.15) is 5.82 Å². The summed E-state index contributed by atoms with van der Waals surface area (Å²) in [4.78, 5) is 22.3. The fourth-order valence-electron chi connectivity index (χ4n) is 1.53. The zero-order valence-electron chi connectivity index (χ0n) is 11.3. The molecule has 0 fully saturated rings. The first-order valence-corrected chi connectivity index (χ1v) is 6.00. The van der Waals surface area contributed by atoms with Crippen LogP contribution in [0.25, 0.3) is 0 Å². The van der Waals surface area contributed by atoms with E-state index in [1.165, 1.54) is 0 Å². The van der Waals surface area contributed by atoms with Crippen molar-refractivity contribution in [3.8, 4) is 0 Å². The van der Waals surface area contributed by atoms with Crippen LogP contribution in [0.3, 0.4) is 0 Å². The van der Waals surface area contributed by atoms with Gasteiger partial charge in [-0.1, -0.05) is 6.92 Å². The summed E-state index contributed by atoms with van der Waals surface area (Å²) in [6.45, 7) is 2.73. The smallest absolute Gasteiger partial charge is 0.335 e. The van der Waals surface area contributed by atoms with Gasteiger partial charge in [0.2, 0.25) is 0 Å². The number of amides is 2. The highest BCUT2D eigenvalue weighted by Crippen LogP contribution is 2.16. The second kappa shape index (κ2) is 7.44. The zero-order chi connectivity index (χ0) is 15.1. The Balaban J connectivity index is 2.61.